The van der Waals surface area contributed by atoms with Gasteiger partial charge >= 0.3 is 5.97 Å². The van der Waals surface area contributed by atoms with Gasteiger partial charge in [0.15, 0.2) is 6.61 Å². The van der Waals surface area contributed by atoms with Gasteiger partial charge in [-0.3, -0.25) is 4.79 Å². The number of nitrogens with one attached hydrogen (secondary N) is 1. The topological polar surface area (TPSA) is 88.4 Å². The average molecular weight is 497 g/mol. The molecule has 37 heavy (non-hydrogen) atoms. The fourth-order valence-corrected chi connectivity index (χ4v) is 3.71. The Bertz CT molecular complexity index is 1260. The van der Waals surface area contributed by atoms with Crippen LogP contribution < -0.4 is 14.8 Å². The average Bonchev–Trinajstić information content (AvgIpc) is 2.92. The minimum absolute atomic E-state index is 0.0208. The molecule has 0 spiro atoms. The molecule has 3 rings (SSSR count). The van der Waals surface area contributed by atoms with Crippen molar-refractivity contribution in [1.29, 1.82) is 5.26 Å². The van der Waals surface area contributed by atoms with Gasteiger partial charge in [0.1, 0.15) is 23.1 Å². The summed E-state index contributed by atoms with van der Waals surface area (Å²) >= 11 is 0. The molecule has 0 saturated heterocycles. The smallest absolute Gasteiger partial charge is 0.349 e. The predicted octanol–water partition coefficient (Wildman–Crippen LogP) is 5.82. The van der Waals surface area contributed by atoms with Crippen molar-refractivity contribution in [2.45, 2.75) is 39.0 Å². The Morgan fingerprint density at radius 3 is 2.16 bits per heavy atom. The summed E-state index contributed by atoms with van der Waals surface area (Å²) in [6.07, 6.45) is 3.31. The van der Waals surface area contributed by atoms with Gasteiger partial charge in [-0.15, -0.1) is 0 Å². The lowest BCUT2D eigenvalue weighted by Crippen LogP contribution is -2.25. The van der Waals surface area contributed by atoms with Crippen LogP contribution in [0.25, 0.3) is 6.08 Å². The van der Waals surface area contributed by atoms with Crippen LogP contribution >= 0.6 is 0 Å². The Balaban J connectivity index is 1.53. The van der Waals surface area contributed by atoms with Gasteiger partial charge in [-0.1, -0.05) is 81.8 Å². The summed E-state index contributed by atoms with van der Waals surface area (Å²) < 4.78 is 10.9. The Hall–Kier alpha value is -4.37. The van der Waals surface area contributed by atoms with Crippen molar-refractivity contribution in [3.05, 3.63) is 101 Å². The van der Waals surface area contributed by atoms with Crippen molar-refractivity contribution in [2.75, 3.05) is 13.2 Å². The lowest BCUT2D eigenvalue weighted by atomic mass is 9.78. The number of rotatable bonds is 11. The molecule has 0 fully saturated rings. The maximum Gasteiger partial charge on any atom is 0.349 e. The van der Waals surface area contributed by atoms with Crippen LogP contribution in [0, 0.1) is 11.3 Å². The third kappa shape index (κ3) is 7.81. The quantitative estimate of drug-likeness (QED) is 0.119. The van der Waals surface area contributed by atoms with E-state index >= 15 is 0 Å². The molecule has 0 bridgehead atoms. The number of esters is 1. The summed E-state index contributed by atoms with van der Waals surface area (Å²) in [5.41, 5.74) is 2.87. The van der Waals surface area contributed by atoms with Crippen LogP contribution in [0.3, 0.4) is 0 Å². The summed E-state index contributed by atoms with van der Waals surface area (Å²) in [6, 6.07) is 26.5. The number of carbonyl (C=O) groups is 2. The van der Waals surface area contributed by atoms with E-state index in [4.69, 9.17) is 9.47 Å². The van der Waals surface area contributed by atoms with E-state index in [9.17, 15) is 14.9 Å². The Morgan fingerprint density at radius 2 is 1.54 bits per heavy atom. The van der Waals surface area contributed by atoms with Crippen LogP contribution in [-0.2, 0) is 15.0 Å². The first kappa shape index (κ1) is 27.2. The van der Waals surface area contributed by atoms with Crippen molar-refractivity contribution in [3.63, 3.8) is 0 Å². The van der Waals surface area contributed by atoms with E-state index in [0.717, 1.165) is 18.4 Å². The fourth-order valence-electron chi connectivity index (χ4n) is 3.71. The number of ether oxygens (including phenoxy) is 2. The van der Waals surface area contributed by atoms with Crippen molar-refractivity contribution < 1.29 is 19.1 Å². The molecule has 6 nitrogen and oxygen atoms in total. The van der Waals surface area contributed by atoms with Crippen LogP contribution in [-0.4, -0.2) is 25.0 Å². The molecule has 0 aliphatic heterocycles. The molecule has 0 unspecified atom stereocenters. The van der Waals surface area contributed by atoms with Crippen LogP contribution in [0.4, 0.5) is 0 Å². The number of hydrogen-bond donors (Lipinski definition) is 1. The zero-order valence-electron chi connectivity index (χ0n) is 21.5. The molecule has 190 valence electrons. The number of hydrogen-bond acceptors (Lipinski definition) is 5. The van der Waals surface area contributed by atoms with E-state index < -0.39 is 11.9 Å². The molecular formula is C31H32N2O4. The van der Waals surface area contributed by atoms with Gasteiger partial charge in [-0.05, 0) is 53.5 Å². The first-order chi connectivity index (χ1) is 17.8. The molecule has 3 aromatic rings. The molecular weight excluding hydrogens is 464 g/mol. The number of benzene rings is 3. The van der Waals surface area contributed by atoms with Gasteiger partial charge in [0.05, 0.1) is 0 Å². The zero-order valence-corrected chi connectivity index (χ0v) is 21.5. The molecule has 0 aliphatic rings. The van der Waals surface area contributed by atoms with E-state index in [1.54, 1.807) is 24.3 Å². The highest BCUT2D eigenvalue weighted by Crippen LogP contribution is 2.32. The van der Waals surface area contributed by atoms with Crippen LogP contribution in [0.5, 0.6) is 11.5 Å². The monoisotopic (exact) mass is 496 g/mol. The predicted molar refractivity (Wildman–Crippen MR) is 144 cm³/mol. The van der Waals surface area contributed by atoms with E-state index in [0.29, 0.717) is 23.6 Å². The Labute approximate surface area is 218 Å². The SMILES string of the molecule is CCCCNC(=O)/C(C#N)=C/c1ccc(OC(=O)COc2ccc(C(C)(C)c3ccccc3)cc2)cc1. The molecule has 0 aliphatic carbocycles. The summed E-state index contributed by atoms with van der Waals surface area (Å²) in [5, 5.41) is 12.0. The number of carbonyl (C=O) groups excluding carboxylic acids is 2. The molecule has 3 aromatic carbocycles. The third-order valence-corrected chi connectivity index (χ3v) is 6.03. The highest BCUT2D eigenvalue weighted by atomic mass is 16.6. The first-order valence-corrected chi connectivity index (χ1v) is 12.3. The van der Waals surface area contributed by atoms with Gasteiger partial charge in [0, 0.05) is 12.0 Å². The largest absolute Gasteiger partial charge is 0.482 e. The molecule has 0 atom stereocenters. The second-order valence-electron chi connectivity index (χ2n) is 9.13. The maximum absolute atomic E-state index is 12.3. The van der Waals surface area contributed by atoms with Crippen molar-refractivity contribution in [1.82, 2.24) is 5.32 Å². The van der Waals surface area contributed by atoms with E-state index in [1.807, 2.05) is 55.5 Å². The van der Waals surface area contributed by atoms with Gasteiger partial charge in [0.25, 0.3) is 5.91 Å². The normalized spacial score (nSPS) is 11.4. The summed E-state index contributed by atoms with van der Waals surface area (Å²) in [7, 11) is 0. The van der Waals surface area contributed by atoms with Crippen molar-refractivity contribution in [2.24, 2.45) is 0 Å². The van der Waals surface area contributed by atoms with Crippen LogP contribution in [0.2, 0.25) is 0 Å². The minimum atomic E-state index is -0.537. The lowest BCUT2D eigenvalue weighted by molar-refractivity contribution is -0.136. The molecule has 6 heteroatoms. The number of unbranched alkanes of at least 4 members (excludes halogenated alkanes) is 1. The van der Waals surface area contributed by atoms with Crippen LogP contribution in [0.1, 0.15) is 50.3 Å². The highest BCUT2D eigenvalue weighted by molar-refractivity contribution is 6.01. The molecule has 0 saturated carbocycles. The Morgan fingerprint density at radius 1 is 0.919 bits per heavy atom. The fraction of sp³-hybridized carbons (Fsp3) is 0.258. The Kier molecular flexibility index (Phi) is 9.62. The third-order valence-electron chi connectivity index (χ3n) is 6.03. The number of nitriles is 1. The van der Waals surface area contributed by atoms with E-state index in [1.165, 1.54) is 11.6 Å². The van der Waals surface area contributed by atoms with Gasteiger partial charge in [-0.2, -0.15) is 5.26 Å². The summed E-state index contributed by atoms with van der Waals surface area (Å²) in [4.78, 5) is 24.4. The van der Waals surface area contributed by atoms with Crippen molar-refractivity contribution in [3.8, 4) is 17.6 Å². The van der Waals surface area contributed by atoms with E-state index in [2.05, 4.69) is 31.3 Å². The number of nitrogens with zero attached hydrogens (tertiary/aromatic N) is 1. The molecule has 0 radical (unpaired) electrons. The molecule has 1 amide bonds. The van der Waals surface area contributed by atoms with Gasteiger partial charge in [-0.25, -0.2) is 4.79 Å². The van der Waals surface area contributed by atoms with Gasteiger partial charge < -0.3 is 14.8 Å². The maximum atomic E-state index is 12.3. The first-order valence-electron chi connectivity index (χ1n) is 12.3. The van der Waals surface area contributed by atoms with Crippen molar-refractivity contribution >= 4 is 18.0 Å². The van der Waals surface area contributed by atoms with Crippen LogP contribution in [0.15, 0.2) is 84.4 Å². The second kappa shape index (κ2) is 13.1. The minimum Gasteiger partial charge on any atom is -0.482 e. The summed E-state index contributed by atoms with van der Waals surface area (Å²) in [6.45, 7) is 6.65. The molecule has 1 N–H and O–H groups in total. The lowest BCUT2D eigenvalue weighted by Gasteiger charge is -2.26. The number of amides is 1. The summed E-state index contributed by atoms with van der Waals surface area (Å²) in [5.74, 6) is -0.0202. The second-order valence-corrected chi connectivity index (χ2v) is 9.13. The van der Waals surface area contributed by atoms with Gasteiger partial charge in [0.2, 0.25) is 0 Å². The molecule has 0 aromatic heterocycles. The van der Waals surface area contributed by atoms with E-state index in [-0.39, 0.29) is 17.6 Å². The highest BCUT2D eigenvalue weighted by Gasteiger charge is 2.22. The standard InChI is InChI=1S/C31H32N2O4/c1-4-5-19-33-30(35)24(21-32)20-23-11-15-28(16-12-23)37-29(34)22-36-27-17-13-26(14-18-27)31(2,3)25-9-7-6-8-10-25/h6-18,20H,4-5,19,22H2,1-3H3,(H,33,35)/b24-20+. The molecule has 0 heterocycles. The zero-order chi connectivity index (χ0) is 26.7.